The summed E-state index contributed by atoms with van der Waals surface area (Å²) in [5.74, 6) is -1.41. The van der Waals surface area contributed by atoms with E-state index >= 15 is 0 Å². The van der Waals surface area contributed by atoms with Crippen molar-refractivity contribution in [1.29, 1.82) is 0 Å². The topological polar surface area (TPSA) is 96.6 Å². The molecule has 0 fully saturated rings. The minimum atomic E-state index is -0.783. The number of rotatable bonds is 8. The maximum Gasteiger partial charge on any atom is 0.419 e. The van der Waals surface area contributed by atoms with Gasteiger partial charge in [-0.3, -0.25) is 14.2 Å². The molecule has 1 aromatic heterocycles. The molecule has 0 aliphatic rings. The van der Waals surface area contributed by atoms with E-state index < -0.39 is 17.7 Å². The molecule has 3 rings (SSSR count). The van der Waals surface area contributed by atoms with Crippen LogP contribution >= 0.6 is 11.6 Å². The second kappa shape index (κ2) is 10.0. The van der Waals surface area contributed by atoms with Gasteiger partial charge in [-0.25, -0.2) is 4.79 Å². The summed E-state index contributed by atoms with van der Waals surface area (Å²) >= 11 is 6.11. The molecule has 3 aromatic rings. The van der Waals surface area contributed by atoms with Crippen molar-refractivity contribution in [2.45, 2.75) is 26.4 Å². The number of halogens is 1. The summed E-state index contributed by atoms with van der Waals surface area (Å²) in [6, 6.07) is 10.9. The summed E-state index contributed by atoms with van der Waals surface area (Å²) in [5, 5.41) is 5.91. The number of likely N-dealkylation sites (N-methyl/N-ethyl adjacent to an activating group) is 1. The number of fused-ring (bicyclic) bond motifs is 1. The zero-order valence-electron chi connectivity index (χ0n) is 18.5. The molecule has 2 amide bonds. The van der Waals surface area contributed by atoms with E-state index in [9.17, 15) is 14.4 Å². The average Bonchev–Trinajstić information content (AvgIpc) is 3.04. The molecule has 0 aliphatic carbocycles. The van der Waals surface area contributed by atoms with Crippen molar-refractivity contribution >= 4 is 40.2 Å². The third kappa shape index (κ3) is 5.38. The summed E-state index contributed by atoms with van der Waals surface area (Å²) in [6.07, 6.45) is 0. The van der Waals surface area contributed by atoms with Gasteiger partial charge in [-0.2, -0.15) is 0 Å². The summed E-state index contributed by atoms with van der Waals surface area (Å²) in [5.41, 5.74) is 1.84. The van der Waals surface area contributed by atoms with Crippen LogP contribution in [0.1, 0.15) is 24.2 Å². The van der Waals surface area contributed by atoms with Crippen LogP contribution in [-0.2, 0) is 11.3 Å². The number of hydrogen-bond acceptors (Lipinski definition) is 5. The molecule has 0 saturated carbocycles. The predicted octanol–water partition coefficient (Wildman–Crippen LogP) is 3.20. The lowest BCUT2D eigenvalue weighted by Crippen LogP contribution is -2.47. The molecular formula is C23H27ClN4O4. The van der Waals surface area contributed by atoms with E-state index in [0.29, 0.717) is 40.5 Å². The third-order valence-electron chi connectivity index (χ3n) is 5.06. The number of aromatic nitrogens is 1. The first-order chi connectivity index (χ1) is 15.2. The molecule has 170 valence electrons. The highest BCUT2D eigenvalue weighted by Crippen LogP contribution is 2.20. The standard InChI is InChI=1S/C23H27ClN4O4/c1-14(2)20(26-21(29)16-7-5-6-8-17(16)24)22(30)25-15-9-10-19-18(13-15)28(23(31)32-19)12-11-27(3)4/h5-10,13-14,20H,11-12H2,1-4H3,(H,25,30)(H,26,29). The zero-order chi connectivity index (χ0) is 23.4. The number of nitrogens with zero attached hydrogens (tertiary/aromatic N) is 2. The molecule has 2 N–H and O–H groups in total. The van der Waals surface area contributed by atoms with Gasteiger partial charge in [0.2, 0.25) is 5.91 Å². The Morgan fingerprint density at radius 1 is 1.16 bits per heavy atom. The normalized spacial score (nSPS) is 12.3. The number of carbonyl (C=O) groups is 2. The molecule has 0 bridgehead atoms. The molecule has 0 spiro atoms. The zero-order valence-corrected chi connectivity index (χ0v) is 19.3. The Kier molecular flexibility index (Phi) is 7.37. The van der Waals surface area contributed by atoms with E-state index in [0.717, 1.165) is 0 Å². The Hall–Kier alpha value is -3.10. The monoisotopic (exact) mass is 458 g/mol. The van der Waals surface area contributed by atoms with E-state index in [1.807, 2.05) is 32.8 Å². The SMILES string of the molecule is CC(C)C(NC(=O)c1ccccc1Cl)C(=O)Nc1ccc2oc(=O)n(CCN(C)C)c2c1. The fourth-order valence-electron chi connectivity index (χ4n) is 3.27. The van der Waals surface area contributed by atoms with Crippen molar-refractivity contribution in [2.75, 3.05) is 26.0 Å². The molecule has 9 heteroatoms. The Balaban J connectivity index is 1.80. The van der Waals surface area contributed by atoms with Gasteiger partial charge in [-0.05, 0) is 50.3 Å². The fourth-order valence-corrected chi connectivity index (χ4v) is 3.49. The number of oxazole rings is 1. The summed E-state index contributed by atoms with van der Waals surface area (Å²) < 4.78 is 6.83. The van der Waals surface area contributed by atoms with Crippen molar-refractivity contribution < 1.29 is 14.0 Å². The molecular weight excluding hydrogens is 432 g/mol. The lowest BCUT2D eigenvalue weighted by molar-refractivity contribution is -0.118. The van der Waals surface area contributed by atoms with Crippen LogP contribution in [0.25, 0.3) is 11.1 Å². The van der Waals surface area contributed by atoms with Crippen LogP contribution < -0.4 is 16.4 Å². The molecule has 1 atom stereocenters. The second-order valence-electron chi connectivity index (χ2n) is 8.17. The van der Waals surface area contributed by atoms with E-state index in [1.165, 1.54) is 4.57 Å². The van der Waals surface area contributed by atoms with Crippen molar-refractivity contribution in [3.05, 3.63) is 63.6 Å². The first-order valence-corrected chi connectivity index (χ1v) is 10.7. The van der Waals surface area contributed by atoms with Gasteiger partial charge in [-0.1, -0.05) is 37.6 Å². The average molecular weight is 459 g/mol. The van der Waals surface area contributed by atoms with Crippen LogP contribution in [0.5, 0.6) is 0 Å². The van der Waals surface area contributed by atoms with Crippen LogP contribution in [-0.4, -0.2) is 48.0 Å². The van der Waals surface area contributed by atoms with Gasteiger partial charge in [0.1, 0.15) is 6.04 Å². The van der Waals surface area contributed by atoms with Gasteiger partial charge in [0.05, 0.1) is 16.1 Å². The van der Waals surface area contributed by atoms with Crippen LogP contribution in [0, 0.1) is 5.92 Å². The molecule has 32 heavy (non-hydrogen) atoms. The molecule has 0 saturated heterocycles. The number of hydrogen-bond donors (Lipinski definition) is 2. The minimum absolute atomic E-state index is 0.169. The largest absolute Gasteiger partial charge is 0.419 e. The number of nitrogens with one attached hydrogen (secondary N) is 2. The van der Waals surface area contributed by atoms with Crippen LogP contribution in [0.2, 0.25) is 5.02 Å². The number of benzene rings is 2. The van der Waals surface area contributed by atoms with Gasteiger partial charge >= 0.3 is 5.76 Å². The van der Waals surface area contributed by atoms with E-state index in [4.69, 9.17) is 16.0 Å². The second-order valence-corrected chi connectivity index (χ2v) is 8.58. The first-order valence-electron chi connectivity index (χ1n) is 10.3. The highest BCUT2D eigenvalue weighted by Gasteiger charge is 2.26. The molecule has 2 aromatic carbocycles. The first kappa shape index (κ1) is 23.6. The van der Waals surface area contributed by atoms with Crippen molar-refractivity contribution in [1.82, 2.24) is 14.8 Å². The van der Waals surface area contributed by atoms with E-state index in [-0.39, 0.29) is 11.8 Å². The highest BCUT2D eigenvalue weighted by atomic mass is 35.5. The fraction of sp³-hybridized carbons (Fsp3) is 0.348. The lowest BCUT2D eigenvalue weighted by Gasteiger charge is -2.22. The number of anilines is 1. The predicted molar refractivity (Wildman–Crippen MR) is 125 cm³/mol. The van der Waals surface area contributed by atoms with Gasteiger partial charge < -0.3 is 20.0 Å². The summed E-state index contributed by atoms with van der Waals surface area (Å²) in [6.45, 7) is 4.80. The lowest BCUT2D eigenvalue weighted by atomic mass is 10.0. The number of amides is 2. The maximum absolute atomic E-state index is 13.0. The van der Waals surface area contributed by atoms with Crippen LogP contribution in [0.3, 0.4) is 0 Å². The van der Waals surface area contributed by atoms with Crippen LogP contribution in [0.4, 0.5) is 5.69 Å². The molecule has 0 radical (unpaired) electrons. The minimum Gasteiger partial charge on any atom is -0.408 e. The van der Waals surface area contributed by atoms with Crippen molar-refractivity contribution in [3.63, 3.8) is 0 Å². The maximum atomic E-state index is 13.0. The van der Waals surface area contributed by atoms with Crippen molar-refractivity contribution in [2.24, 2.45) is 5.92 Å². The summed E-state index contributed by atoms with van der Waals surface area (Å²) in [7, 11) is 3.84. The molecule has 1 heterocycles. The summed E-state index contributed by atoms with van der Waals surface area (Å²) in [4.78, 5) is 39.8. The third-order valence-corrected chi connectivity index (χ3v) is 5.39. The number of carbonyl (C=O) groups excluding carboxylic acids is 2. The van der Waals surface area contributed by atoms with Gasteiger partial charge in [0, 0.05) is 18.8 Å². The van der Waals surface area contributed by atoms with Gasteiger partial charge in [0.15, 0.2) is 5.58 Å². The van der Waals surface area contributed by atoms with E-state index in [2.05, 4.69) is 10.6 Å². The van der Waals surface area contributed by atoms with Crippen LogP contribution in [0.15, 0.2) is 51.7 Å². The van der Waals surface area contributed by atoms with E-state index in [1.54, 1.807) is 42.5 Å². The quantitative estimate of drug-likeness (QED) is 0.540. The molecule has 8 nitrogen and oxygen atoms in total. The molecule has 0 aliphatic heterocycles. The Bertz CT molecular complexity index is 1180. The van der Waals surface area contributed by atoms with Gasteiger partial charge in [0.25, 0.3) is 5.91 Å². The smallest absolute Gasteiger partial charge is 0.408 e. The Labute approximate surface area is 191 Å². The molecule has 1 unspecified atom stereocenters. The highest BCUT2D eigenvalue weighted by molar-refractivity contribution is 6.33. The Morgan fingerprint density at radius 2 is 1.88 bits per heavy atom. The Morgan fingerprint density at radius 3 is 2.53 bits per heavy atom. The van der Waals surface area contributed by atoms with Crippen molar-refractivity contribution in [3.8, 4) is 0 Å². The van der Waals surface area contributed by atoms with Gasteiger partial charge in [-0.15, -0.1) is 0 Å².